The van der Waals surface area contributed by atoms with E-state index in [0.717, 1.165) is 23.3 Å². The summed E-state index contributed by atoms with van der Waals surface area (Å²) in [5.74, 6) is 5.08. The first-order valence-corrected chi connectivity index (χ1v) is 9.06. The van der Waals surface area contributed by atoms with Crippen molar-refractivity contribution in [1.29, 1.82) is 0 Å². The van der Waals surface area contributed by atoms with Gasteiger partial charge >= 0.3 is 0 Å². The smallest absolute Gasteiger partial charge is 0.201 e. The lowest BCUT2D eigenvalue weighted by atomic mass is 10.3. The first-order valence-electron chi connectivity index (χ1n) is 6.86. The van der Waals surface area contributed by atoms with Crippen molar-refractivity contribution in [1.82, 2.24) is 9.55 Å². The minimum atomic E-state index is 0.586. The Bertz CT molecular complexity index is 593. The Labute approximate surface area is 127 Å². The van der Waals surface area contributed by atoms with Crippen LogP contribution in [-0.4, -0.2) is 38.7 Å². The summed E-state index contributed by atoms with van der Waals surface area (Å²) in [7, 11) is 0. The number of fused-ring (bicyclic) bond motifs is 1. The molecule has 20 heavy (non-hydrogen) atoms. The summed E-state index contributed by atoms with van der Waals surface area (Å²) in [4.78, 5) is 4.50. The van der Waals surface area contributed by atoms with Crippen LogP contribution in [0.15, 0.2) is 18.2 Å². The SMILES string of the molecule is CCOc1cccc2c1nc(N)n2CC1CSCCS1. The van der Waals surface area contributed by atoms with E-state index in [2.05, 4.69) is 15.6 Å². The zero-order chi connectivity index (χ0) is 13.9. The van der Waals surface area contributed by atoms with E-state index in [9.17, 15) is 0 Å². The second kappa shape index (κ2) is 6.18. The van der Waals surface area contributed by atoms with E-state index >= 15 is 0 Å². The van der Waals surface area contributed by atoms with E-state index in [1.165, 1.54) is 17.3 Å². The van der Waals surface area contributed by atoms with Crippen LogP contribution in [0, 0.1) is 0 Å². The summed E-state index contributed by atoms with van der Waals surface area (Å²) in [6.45, 7) is 3.55. The molecule has 3 rings (SSSR count). The number of thioether (sulfide) groups is 2. The van der Waals surface area contributed by atoms with Gasteiger partial charge in [0.2, 0.25) is 5.95 Å². The Kier molecular flexibility index (Phi) is 4.31. The quantitative estimate of drug-likeness (QED) is 0.941. The molecule has 1 saturated heterocycles. The Balaban J connectivity index is 1.93. The summed E-state index contributed by atoms with van der Waals surface area (Å²) < 4.78 is 7.76. The van der Waals surface area contributed by atoms with Gasteiger partial charge in [-0.25, -0.2) is 4.98 Å². The molecule has 0 saturated carbocycles. The lowest BCUT2D eigenvalue weighted by Gasteiger charge is -2.22. The van der Waals surface area contributed by atoms with Crippen LogP contribution in [0.3, 0.4) is 0 Å². The number of aromatic nitrogens is 2. The molecule has 0 amide bonds. The molecule has 6 heteroatoms. The number of rotatable bonds is 4. The van der Waals surface area contributed by atoms with Crippen LogP contribution < -0.4 is 10.5 Å². The highest BCUT2D eigenvalue weighted by atomic mass is 32.2. The number of nitrogen functional groups attached to an aromatic ring is 1. The molecule has 2 heterocycles. The number of hydrogen-bond donors (Lipinski definition) is 1. The molecule has 0 aliphatic carbocycles. The fraction of sp³-hybridized carbons (Fsp3) is 0.500. The van der Waals surface area contributed by atoms with Gasteiger partial charge < -0.3 is 15.0 Å². The maximum absolute atomic E-state index is 6.12. The number of imidazole rings is 1. The van der Waals surface area contributed by atoms with E-state index in [-0.39, 0.29) is 0 Å². The van der Waals surface area contributed by atoms with E-state index in [1.807, 2.05) is 42.6 Å². The zero-order valence-corrected chi connectivity index (χ0v) is 13.2. The van der Waals surface area contributed by atoms with Crippen molar-refractivity contribution >= 4 is 40.5 Å². The Morgan fingerprint density at radius 3 is 3.10 bits per heavy atom. The molecule has 0 radical (unpaired) electrons. The van der Waals surface area contributed by atoms with Gasteiger partial charge in [0.05, 0.1) is 12.1 Å². The van der Waals surface area contributed by atoms with Gasteiger partial charge in [-0.05, 0) is 19.1 Å². The Morgan fingerprint density at radius 1 is 1.45 bits per heavy atom. The van der Waals surface area contributed by atoms with Crippen LogP contribution in [-0.2, 0) is 6.54 Å². The lowest BCUT2D eigenvalue weighted by molar-refractivity contribution is 0.343. The summed E-state index contributed by atoms with van der Waals surface area (Å²) in [6, 6.07) is 6.03. The average Bonchev–Trinajstić information content (AvgIpc) is 2.78. The normalized spacial score (nSPS) is 19.4. The molecule has 4 nitrogen and oxygen atoms in total. The van der Waals surface area contributed by atoms with Crippen molar-refractivity contribution in [3.05, 3.63) is 18.2 Å². The molecular weight excluding hydrogens is 290 g/mol. The number of nitrogens with zero attached hydrogens (tertiary/aromatic N) is 2. The molecule has 1 aromatic carbocycles. The second-order valence-corrected chi connectivity index (χ2v) is 7.26. The fourth-order valence-corrected chi connectivity index (χ4v) is 5.10. The van der Waals surface area contributed by atoms with Crippen molar-refractivity contribution in [2.45, 2.75) is 18.7 Å². The molecule has 2 aromatic rings. The standard InChI is InChI=1S/C14H19N3OS2/c1-2-18-12-5-3-4-11-13(12)16-14(15)17(11)8-10-9-19-6-7-20-10/h3-5,10H,2,6-9H2,1H3,(H2,15,16). The molecule has 108 valence electrons. The van der Waals surface area contributed by atoms with E-state index in [4.69, 9.17) is 10.5 Å². The molecule has 1 aliphatic rings. The Hall–Kier alpha value is -1.01. The molecule has 1 aliphatic heterocycles. The minimum absolute atomic E-state index is 0.586. The van der Waals surface area contributed by atoms with Gasteiger partial charge in [-0.15, -0.1) is 0 Å². The molecular formula is C14H19N3OS2. The van der Waals surface area contributed by atoms with Crippen molar-refractivity contribution in [3.8, 4) is 5.75 Å². The maximum atomic E-state index is 6.12. The predicted octanol–water partition coefficient (Wildman–Crippen LogP) is 2.87. The molecule has 1 fully saturated rings. The zero-order valence-electron chi connectivity index (χ0n) is 11.5. The van der Waals surface area contributed by atoms with Gasteiger partial charge in [-0.1, -0.05) is 6.07 Å². The predicted molar refractivity (Wildman–Crippen MR) is 88.9 cm³/mol. The van der Waals surface area contributed by atoms with Crippen LogP contribution in [0.2, 0.25) is 0 Å². The third-order valence-electron chi connectivity index (χ3n) is 3.34. The van der Waals surface area contributed by atoms with Gasteiger partial charge in [0.15, 0.2) is 0 Å². The third-order valence-corrected chi connectivity index (χ3v) is 6.17. The molecule has 0 spiro atoms. The number of ether oxygens (including phenoxy) is 1. The van der Waals surface area contributed by atoms with Gasteiger partial charge in [0, 0.05) is 29.1 Å². The fourth-order valence-electron chi connectivity index (χ4n) is 2.45. The minimum Gasteiger partial charge on any atom is -0.492 e. The van der Waals surface area contributed by atoms with Crippen molar-refractivity contribution in [3.63, 3.8) is 0 Å². The van der Waals surface area contributed by atoms with Gasteiger partial charge in [-0.2, -0.15) is 23.5 Å². The van der Waals surface area contributed by atoms with Crippen LogP contribution in [0.4, 0.5) is 5.95 Å². The molecule has 0 bridgehead atoms. The second-order valence-electron chi connectivity index (χ2n) is 4.71. The number of anilines is 1. The number of nitrogens with two attached hydrogens (primary N) is 1. The number of para-hydroxylation sites is 1. The van der Waals surface area contributed by atoms with Gasteiger partial charge in [0.1, 0.15) is 11.3 Å². The Morgan fingerprint density at radius 2 is 2.35 bits per heavy atom. The van der Waals surface area contributed by atoms with E-state index in [1.54, 1.807) is 0 Å². The van der Waals surface area contributed by atoms with Crippen LogP contribution in [0.5, 0.6) is 5.75 Å². The lowest BCUT2D eigenvalue weighted by Crippen LogP contribution is -2.21. The number of benzene rings is 1. The van der Waals surface area contributed by atoms with Crippen molar-refractivity contribution in [2.24, 2.45) is 0 Å². The summed E-state index contributed by atoms with van der Waals surface area (Å²) in [6.07, 6.45) is 0. The highest BCUT2D eigenvalue weighted by Crippen LogP contribution is 2.30. The molecule has 2 N–H and O–H groups in total. The highest BCUT2D eigenvalue weighted by Gasteiger charge is 2.19. The monoisotopic (exact) mass is 309 g/mol. The first-order chi connectivity index (χ1) is 9.79. The topological polar surface area (TPSA) is 53.1 Å². The average molecular weight is 309 g/mol. The highest BCUT2D eigenvalue weighted by molar-refractivity contribution is 8.06. The summed E-state index contributed by atoms with van der Waals surface area (Å²) in [5.41, 5.74) is 8.06. The first kappa shape index (κ1) is 13.9. The van der Waals surface area contributed by atoms with E-state index in [0.29, 0.717) is 17.8 Å². The van der Waals surface area contributed by atoms with Crippen molar-refractivity contribution in [2.75, 3.05) is 29.6 Å². The molecule has 1 unspecified atom stereocenters. The van der Waals surface area contributed by atoms with Crippen LogP contribution in [0.25, 0.3) is 11.0 Å². The maximum Gasteiger partial charge on any atom is 0.201 e. The summed E-state index contributed by atoms with van der Waals surface area (Å²) in [5, 5.41) is 0.615. The number of hydrogen-bond acceptors (Lipinski definition) is 5. The largest absolute Gasteiger partial charge is 0.492 e. The molecule has 1 atom stereocenters. The van der Waals surface area contributed by atoms with Crippen molar-refractivity contribution < 1.29 is 4.74 Å². The van der Waals surface area contributed by atoms with Gasteiger partial charge in [-0.3, -0.25) is 0 Å². The van der Waals surface area contributed by atoms with Crippen LogP contribution in [0.1, 0.15) is 6.92 Å². The third kappa shape index (κ3) is 2.72. The molecule has 1 aromatic heterocycles. The summed E-state index contributed by atoms with van der Waals surface area (Å²) >= 11 is 4.06. The van der Waals surface area contributed by atoms with Crippen LogP contribution >= 0.6 is 23.5 Å². The van der Waals surface area contributed by atoms with Gasteiger partial charge in [0.25, 0.3) is 0 Å². The van der Waals surface area contributed by atoms with E-state index < -0.39 is 0 Å².